The SMILES string of the molecule is CC1=CC2C3C(CC(=O)C24C(=O)NC(CC(C)C)C4C1C)C1OC3(C)CCC1O. The van der Waals surface area contributed by atoms with Gasteiger partial charge in [-0.15, -0.1) is 0 Å². The molecular weight excluding hydrogens is 366 g/mol. The highest BCUT2D eigenvalue weighted by molar-refractivity contribution is 6.10. The van der Waals surface area contributed by atoms with Crippen molar-refractivity contribution in [3.05, 3.63) is 11.6 Å². The number of hydrogen-bond donors (Lipinski definition) is 2. The molecule has 5 heteroatoms. The first kappa shape index (κ1) is 19.7. The lowest BCUT2D eigenvalue weighted by atomic mass is 9.46. The summed E-state index contributed by atoms with van der Waals surface area (Å²) in [5.41, 5.74) is -0.0420. The summed E-state index contributed by atoms with van der Waals surface area (Å²) in [6, 6.07) is 0.0456. The van der Waals surface area contributed by atoms with E-state index in [1.165, 1.54) is 5.57 Å². The first-order chi connectivity index (χ1) is 13.6. The van der Waals surface area contributed by atoms with Gasteiger partial charge < -0.3 is 15.2 Å². The van der Waals surface area contributed by atoms with E-state index in [2.05, 4.69) is 46.0 Å². The molecule has 10 unspecified atom stereocenters. The highest BCUT2D eigenvalue weighted by Crippen LogP contribution is 2.66. The van der Waals surface area contributed by atoms with Gasteiger partial charge in [-0.3, -0.25) is 9.59 Å². The Morgan fingerprint density at radius 1 is 1.31 bits per heavy atom. The molecule has 1 spiro atoms. The Kier molecular flexibility index (Phi) is 4.20. The van der Waals surface area contributed by atoms with Crippen LogP contribution < -0.4 is 5.32 Å². The van der Waals surface area contributed by atoms with Gasteiger partial charge in [0.25, 0.3) is 0 Å². The van der Waals surface area contributed by atoms with Crippen LogP contribution in [-0.2, 0) is 14.3 Å². The number of ether oxygens (including phenoxy) is 1. The summed E-state index contributed by atoms with van der Waals surface area (Å²) in [6.45, 7) is 10.9. The molecule has 0 radical (unpaired) electrons. The predicted molar refractivity (Wildman–Crippen MR) is 109 cm³/mol. The van der Waals surface area contributed by atoms with Gasteiger partial charge >= 0.3 is 0 Å². The quantitative estimate of drug-likeness (QED) is 0.551. The molecule has 4 fully saturated rings. The van der Waals surface area contributed by atoms with E-state index in [-0.39, 0.29) is 59.0 Å². The van der Waals surface area contributed by atoms with E-state index in [4.69, 9.17) is 4.74 Å². The van der Waals surface area contributed by atoms with Gasteiger partial charge in [-0.1, -0.05) is 32.4 Å². The van der Waals surface area contributed by atoms with Gasteiger partial charge in [0, 0.05) is 36.1 Å². The number of aliphatic hydroxyl groups excluding tert-OH is 1. The second-order valence-electron chi connectivity index (χ2n) is 11.1. The molecule has 3 aliphatic heterocycles. The van der Waals surface area contributed by atoms with Crippen molar-refractivity contribution >= 4 is 11.7 Å². The lowest BCUT2D eigenvalue weighted by molar-refractivity contribution is -0.157. The van der Waals surface area contributed by atoms with Gasteiger partial charge in [0.05, 0.1) is 17.8 Å². The summed E-state index contributed by atoms with van der Waals surface area (Å²) < 4.78 is 6.41. The fourth-order valence-corrected chi connectivity index (χ4v) is 8.01. The van der Waals surface area contributed by atoms with E-state index in [9.17, 15) is 14.7 Å². The summed E-state index contributed by atoms with van der Waals surface area (Å²) in [5, 5.41) is 13.8. The number of aliphatic hydroxyl groups is 1. The van der Waals surface area contributed by atoms with Crippen molar-refractivity contribution in [1.82, 2.24) is 5.32 Å². The summed E-state index contributed by atoms with van der Waals surface area (Å²) in [6.07, 6.45) is 4.23. The smallest absolute Gasteiger partial charge is 0.234 e. The van der Waals surface area contributed by atoms with Crippen LogP contribution in [0, 0.1) is 40.9 Å². The van der Waals surface area contributed by atoms with Crippen molar-refractivity contribution in [3.8, 4) is 0 Å². The number of carbonyl (C=O) groups excluding carboxylic acids is 2. The summed E-state index contributed by atoms with van der Waals surface area (Å²) >= 11 is 0. The summed E-state index contributed by atoms with van der Waals surface area (Å²) in [5.74, 6) is 0.687. The standard InChI is InChI=1S/C24H35NO4/c1-11(2)8-16-19-13(4)12(3)9-15-20-14(10-18(27)24(15,19)22(28)25-16)21-17(26)6-7-23(20,5)29-21/h9,11,13-17,19-21,26H,6-8,10H2,1-5H3,(H,25,28). The van der Waals surface area contributed by atoms with E-state index in [0.29, 0.717) is 18.8 Å². The maximum Gasteiger partial charge on any atom is 0.234 e. The number of amides is 1. The minimum atomic E-state index is -0.964. The van der Waals surface area contributed by atoms with Crippen LogP contribution in [0.3, 0.4) is 0 Å². The Balaban J connectivity index is 1.67. The largest absolute Gasteiger partial charge is 0.390 e. The zero-order valence-electron chi connectivity index (χ0n) is 18.3. The second-order valence-corrected chi connectivity index (χ2v) is 11.1. The molecule has 10 atom stereocenters. The van der Waals surface area contributed by atoms with Crippen molar-refractivity contribution in [2.45, 2.75) is 84.2 Å². The normalized spacial score (nSPS) is 53.3. The number of carbonyl (C=O) groups is 2. The average molecular weight is 402 g/mol. The van der Waals surface area contributed by atoms with E-state index >= 15 is 0 Å². The van der Waals surface area contributed by atoms with Crippen LogP contribution in [0.1, 0.15) is 60.3 Å². The van der Waals surface area contributed by atoms with Gasteiger partial charge in [-0.2, -0.15) is 0 Å². The van der Waals surface area contributed by atoms with Crippen LogP contribution in [0.4, 0.5) is 0 Å². The van der Waals surface area contributed by atoms with Crippen LogP contribution in [0.15, 0.2) is 11.6 Å². The van der Waals surface area contributed by atoms with E-state index in [1.807, 2.05) is 0 Å². The highest BCUT2D eigenvalue weighted by atomic mass is 16.5. The monoisotopic (exact) mass is 401 g/mol. The first-order valence-corrected chi connectivity index (χ1v) is 11.5. The third kappa shape index (κ3) is 2.35. The molecule has 1 saturated carbocycles. The fourth-order valence-electron chi connectivity index (χ4n) is 8.01. The summed E-state index contributed by atoms with van der Waals surface area (Å²) in [7, 11) is 0. The van der Waals surface area contributed by atoms with E-state index in [0.717, 1.165) is 12.8 Å². The van der Waals surface area contributed by atoms with Gasteiger partial charge in [-0.05, 0) is 44.9 Å². The Bertz CT molecular complexity index is 790. The van der Waals surface area contributed by atoms with Crippen molar-refractivity contribution in [2.75, 3.05) is 0 Å². The number of Topliss-reactive ketones (excluding diaryl/α,β-unsaturated/α-hetero) is 1. The van der Waals surface area contributed by atoms with Crippen LogP contribution >= 0.6 is 0 Å². The summed E-state index contributed by atoms with van der Waals surface area (Å²) in [4.78, 5) is 27.5. The van der Waals surface area contributed by atoms with Gasteiger partial charge in [-0.25, -0.2) is 0 Å². The Labute approximate surface area is 173 Å². The first-order valence-electron chi connectivity index (χ1n) is 11.5. The molecule has 5 rings (SSSR count). The molecule has 160 valence electrons. The van der Waals surface area contributed by atoms with Crippen molar-refractivity contribution in [2.24, 2.45) is 40.9 Å². The van der Waals surface area contributed by atoms with Crippen LogP contribution in [0.2, 0.25) is 0 Å². The van der Waals surface area contributed by atoms with Crippen LogP contribution in [0.5, 0.6) is 0 Å². The predicted octanol–water partition coefficient (Wildman–Crippen LogP) is 2.86. The Hall–Kier alpha value is -1.20. The maximum absolute atomic E-state index is 13.8. The van der Waals surface area contributed by atoms with Crippen LogP contribution in [0.25, 0.3) is 0 Å². The molecule has 3 heterocycles. The molecule has 2 N–H and O–H groups in total. The average Bonchev–Trinajstić information content (AvgIpc) is 3.05. The molecular formula is C24H35NO4. The minimum Gasteiger partial charge on any atom is -0.390 e. The molecule has 2 bridgehead atoms. The van der Waals surface area contributed by atoms with Gasteiger partial charge in [0.2, 0.25) is 5.91 Å². The Morgan fingerprint density at radius 3 is 2.72 bits per heavy atom. The minimum absolute atomic E-state index is 0.00910. The van der Waals surface area contributed by atoms with E-state index in [1.54, 1.807) is 0 Å². The molecule has 1 amide bonds. The third-order valence-electron chi connectivity index (χ3n) is 9.18. The van der Waals surface area contributed by atoms with Crippen molar-refractivity contribution in [1.29, 1.82) is 0 Å². The zero-order chi connectivity index (χ0) is 20.9. The molecule has 0 aromatic rings. The van der Waals surface area contributed by atoms with Crippen molar-refractivity contribution in [3.63, 3.8) is 0 Å². The number of allylic oxidation sites excluding steroid dienone is 2. The maximum atomic E-state index is 13.8. The fraction of sp³-hybridized carbons (Fsp3) is 0.833. The highest BCUT2D eigenvalue weighted by Gasteiger charge is 2.74. The number of rotatable bonds is 2. The lowest BCUT2D eigenvalue weighted by Gasteiger charge is -2.53. The molecule has 0 aromatic heterocycles. The second kappa shape index (κ2) is 6.16. The van der Waals surface area contributed by atoms with Gasteiger partial charge in [0.1, 0.15) is 11.2 Å². The van der Waals surface area contributed by atoms with Gasteiger partial charge in [0.15, 0.2) is 0 Å². The van der Waals surface area contributed by atoms with Crippen LogP contribution in [-0.4, -0.2) is 40.6 Å². The molecule has 2 aliphatic carbocycles. The van der Waals surface area contributed by atoms with E-state index < -0.39 is 11.5 Å². The molecule has 5 aliphatic rings. The third-order valence-corrected chi connectivity index (χ3v) is 9.18. The Morgan fingerprint density at radius 2 is 2.03 bits per heavy atom. The number of fused-ring (bicyclic) bond motifs is 6. The molecule has 3 saturated heterocycles. The number of hydrogen-bond acceptors (Lipinski definition) is 4. The molecule has 29 heavy (non-hydrogen) atoms. The topological polar surface area (TPSA) is 75.6 Å². The lowest BCUT2D eigenvalue weighted by Crippen LogP contribution is -2.61. The van der Waals surface area contributed by atoms with Crippen molar-refractivity contribution < 1.29 is 19.4 Å². The molecule has 5 nitrogen and oxygen atoms in total. The zero-order valence-corrected chi connectivity index (χ0v) is 18.3. The number of nitrogens with one attached hydrogen (secondary N) is 1. The molecule has 0 aromatic carbocycles. The number of ketones is 1.